The highest BCUT2D eigenvalue weighted by molar-refractivity contribution is 5.56. The van der Waals surface area contributed by atoms with Gasteiger partial charge in [-0.05, 0) is 18.0 Å². The van der Waals surface area contributed by atoms with Crippen LogP contribution in [0.25, 0.3) is 0 Å². The smallest absolute Gasteiger partial charge is 0.298 e. The minimum atomic E-state index is -0.368. The first-order valence-corrected chi connectivity index (χ1v) is 4.18. The Morgan fingerprint density at radius 3 is 2.38 bits per heavy atom. The molecule has 13 heavy (non-hydrogen) atoms. The number of nitrogens with two attached hydrogens (primary N) is 1. The number of anilines is 1. The second kappa shape index (κ2) is 2.72. The molecule has 6 heteroatoms. The quantitative estimate of drug-likeness (QED) is 0.639. The van der Waals surface area contributed by atoms with Crippen LogP contribution in [0.4, 0.5) is 11.5 Å². The number of rotatable bonds is 1. The summed E-state index contributed by atoms with van der Waals surface area (Å²) in [6, 6.07) is 0. The summed E-state index contributed by atoms with van der Waals surface area (Å²) < 4.78 is 3.11. The van der Waals surface area contributed by atoms with Gasteiger partial charge in [0.2, 0.25) is 5.69 Å². The van der Waals surface area contributed by atoms with Gasteiger partial charge < -0.3 is 5.73 Å². The maximum absolute atomic E-state index is 11.4. The highest BCUT2D eigenvalue weighted by Crippen LogP contribution is 2.20. The van der Waals surface area contributed by atoms with Crippen molar-refractivity contribution >= 4 is 11.5 Å². The SMILES string of the molecule is Nc1c(N=O)c(=O)n2n1CCCC2. The van der Waals surface area contributed by atoms with Gasteiger partial charge in [-0.15, -0.1) is 4.91 Å². The van der Waals surface area contributed by atoms with Gasteiger partial charge in [0.15, 0.2) is 5.82 Å². The summed E-state index contributed by atoms with van der Waals surface area (Å²) in [6.45, 7) is 1.31. The van der Waals surface area contributed by atoms with E-state index in [4.69, 9.17) is 5.73 Å². The van der Waals surface area contributed by atoms with Crippen molar-refractivity contribution < 1.29 is 0 Å². The Kier molecular flexibility index (Phi) is 1.68. The molecule has 1 aromatic heterocycles. The van der Waals surface area contributed by atoms with E-state index in [1.165, 1.54) is 4.68 Å². The first-order chi connectivity index (χ1) is 6.25. The first kappa shape index (κ1) is 8.03. The lowest BCUT2D eigenvalue weighted by molar-refractivity contribution is 0.360. The van der Waals surface area contributed by atoms with Crippen molar-refractivity contribution in [2.24, 2.45) is 5.18 Å². The molecule has 0 saturated carbocycles. The van der Waals surface area contributed by atoms with Crippen LogP contribution < -0.4 is 11.3 Å². The van der Waals surface area contributed by atoms with Crippen molar-refractivity contribution in [1.82, 2.24) is 9.36 Å². The van der Waals surface area contributed by atoms with Gasteiger partial charge in [-0.1, -0.05) is 0 Å². The van der Waals surface area contributed by atoms with Crippen LogP contribution in [-0.4, -0.2) is 9.36 Å². The zero-order valence-corrected chi connectivity index (χ0v) is 7.06. The van der Waals surface area contributed by atoms with Crippen LogP contribution in [0, 0.1) is 4.91 Å². The first-order valence-electron chi connectivity index (χ1n) is 4.18. The average Bonchev–Trinajstić information content (AvgIpc) is 2.41. The van der Waals surface area contributed by atoms with E-state index in [1.807, 2.05) is 0 Å². The summed E-state index contributed by atoms with van der Waals surface area (Å²) in [7, 11) is 0. The average molecular weight is 182 g/mol. The Hall–Kier alpha value is -1.59. The molecule has 0 unspecified atom stereocenters. The fraction of sp³-hybridized carbons (Fsp3) is 0.571. The van der Waals surface area contributed by atoms with Gasteiger partial charge in [-0.25, -0.2) is 4.68 Å². The van der Waals surface area contributed by atoms with Gasteiger partial charge in [0.25, 0.3) is 5.56 Å². The Morgan fingerprint density at radius 2 is 1.85 bits per heavy atom. The van der Waals surface area contributed by atoms with E-state index in [1.54, 1.807) is 4.68 Å². The zero-order chi connectivity index (χ0) is 9.42. The second-order valence-corrected chi connectivity index (χ2v) is 3.08. The molecule has 1 aliphatic heterocycles. The van der Waals surface area contributed by atoms with E-state index in [-0.39, 0.29) is 17.1 Å². The molecule has 0 atom stereocenters. The number of nitroso groups, excluding NO2 is 1. The number of hydrogen-bond acceptors (Lipinski definition) is 4. The molecule has 2 N–H and O–H groups in total. The van der Waals surface area contributed by atoms with Crippen LogP contribution in [0.2, 0.25) is 0 Å². The minimum Gasteiger partial charge on any atom is -0.382 e. The van der Waals surface area contributed by atoms with Gasteiger partial charge in [0.05, 0.1) is 0 Å². The Morgan fingerprint density at radius 1 is 1.23 bits per heavy atom. The van der Waals surface area contributed by atoms with Gasteiger partial charge >= 0.3 is 0 Å². The molecule has 1 aromatic rings. The number of fused-ring (bicyclic) bond motifs is 1. The van der Waals surface area contributed by atoms with E-state index in [0.29, 0.717) is 13.1 Å². The third-order valence-corrected chi connectivity index (χ3v) is 2.33. The van der Waals surface area contributed by atoms with Crippen LogP contribution in [0.3, 0.4) is 0 Å². The largest absolute Gasteiger partial charge is 0.382 e. The molecule has 0 aliphatic carbocycles. The van der Waals surface area contributed by atoms with E-state index < -0.39 is 0 Å². The van der Waals surface area contributed by atoms with Crippen molar-refractivity contribution in [1.29, 1.82) is 0 Å². The molecule has 0 saturated heterocycles. The summed E-state index contributed by atoms with van der Waals surface area (Å²) in [4.78, 5) is 21.7. The van der Waals surface area contributed by atoms with Crippen LogP contribution in [0.5, 0.6) is 0 Å². The molecule has 70 valence electrons. The van der Waals surface area contributed by atoms with Gasteiger partial charge in [0.1, 0.15) is 0 Å². The summed E-state index contributed by atoms with van der Waals surface area (Å²) in [5.41, 5.74) is 5.06. The third-order valence-electron chi connectivity index (χ3n) is 2.33. The van der Waals surface area contributed by atoms with Crippen molar-refractivity contribution in [2.45, 2.75) is 25.9 Å². The van der Waals surface area contributed by atoms with Crippen LogP contribution in [0.1, 0.15) is 12.8 Å². The van der Waals surface area contributed by atoms with Crippen molar-refractivity contribution in [3.63, 3.8) is 0 Å². The van der Waals surface area contributed by atoms with E-state index >= 15 is 0 Å². The number of hydrogen-bond donors (Lipinski definition) is 1. The standard InChI is InChI=1S/C7H10N4O2/c8-6-5(9-13)7(12)11-4-2-1-3-10(6)11/h1-4,8H2. The molecule has 2 rings (SSSR count). The molecule has 2 heterocycles. The van der Waals surface area contributed by atoms with Gasteiger partial charge in [0, 0.05) is 13.1 Å². The lowest BCUT2D eigenvalue weighted by Crippen LogP contribution is -2.27. The Balaban J connectivity index is 2.70. The maximum atomic E-state index is 11.4. The van der Waals surface area contributed by atoms with E-state index in [2.05, 4.69) is 5.18 Å². The number of aromatic nitrogens is 2. The summed E-state index contributed by atoms with van der Waals surface area (Å²) in [5.74, 6) is 0.194. The zero-order valence-electron chi connectivity index (χ0n) is 7.06. The van der Waals surface area contributed by atoms with Crippen LogP contribution >= 0.6 is 0 Å². The van der Waals surface area contributed by atoms with E-state index in [0.717, 1.165) is 12.8 Å². The highest BCUT2D eigenvalue weighted by atomic mass is 16.3. The third kappa shape index (κ3) is 0.980. The molecular weight excluding hydrogens is 172 g/mol. The summed E-state index contributed by atoms with van der Waals surface area (Å²) in [6.07, 6.45) is 1.93. The number of nitrogens with zero attached hydrogens (tertiary/aromatic N) is 3. The molecule has 0 radical (unpaired) electrons. The van der Waals surface area contributed by atoms with Crippen molar-refractivity contribution in [3.8, 4) is 0 Å². The van der Waals surface area contributed by atoms with Crippen molar-refractivity contribution in [2.75, 3.05) is 5.73 Å². The van der Waals surface area contributed by atoms with Crippen molar-refractivity contribution in [3.05, 3.63) is 15.3 Å². The lowest BCUT2D eigenvalue weighted by Gasteiger charge is -2.17. The Labute approximate surface area is 73.9 Å². The second-order valence-electron chi connectivity index (χ2n) is 3.08. The predicted molar refractivity (Wildman–Crippen MR) is 47.8 cm³/mol. The normalized spacial score (nSPS) is 15.4. The molecule has 0 fully saturated rings. The lowest BCUT2D eigenvalue weighted by atomic mass is 10.3. The topological polar surface area (TPSA) is 82.4 Å². The predicted octanol–water partition coefficient (Wildman–Crippen LogP) is 0.424. The summed E-state index contributed by atoms with van der Waals surface area (Å²) >= 11 is 0. The van der Waals surface area contributed by atoms with E-state index in [9.17, 15) is 9.70 Å². The molecule has 0 amide bonds. The molecule has 1 aliphatic rings. The fourth-order valence-corrected chi connectivity index (χ4v) is 1.67. The molecule has 0 aromatic carbocycles. The molecule has 0 bridgehead atoms. The highest BCUT2D eigenvalue weighted by Gasteiger charge is 2.20. The van der Waals surface area contributed by atoms with Gasteiger partial charge in [-0.2, -0.15) is 0 Å². The molecular formula is C7H10N4O2. The summed E-state index contributed by atoms with van der Waals surface area (Å²) in [5, 5.41) is 2.65. The molecule has 6 nitrogen and oxygen atoms in total. The van der Waals surface area contributed by atoms with Crippen LogP contribution in [0.15, 0.2) is 9.97 Å². The fourth-order valence-electron chi connectivity index (χ4n) is 1.67. The monoisotopic (exact) mass is 182 g/mol. The number of nitrogen functional groups attached to an aromatic ring is 1. The van der Waals surface area contributed by atoms with Crippen LogP contribution in [-0.2, 0) is 13.1 Å². The maximum Gasteiger partial charge on any atom is 0.298 e. The molecule has 0 spiro atoms. The Bertz CT molecular complexity index is 403. The minimum absolute atomic E-state index is 0.151. The van der Waals surface area contributed by atoms with Gasteiger partial charge in [-0.3, -0.25) is 9.48 Å².